The fourth-order valence-corrected chi connectivity index (χ4v) is 19.1. The molecule has 6 heterocycles. The van der Waals surface area contributed by atoms with E-state index in [4.69, 9.17) is 42.6 Å². The predicted octanol–water partition coefficient (Wildman–Crippen LogP) is 3.31. The Kier molecular flexibility index (Phi) is 50.5. The number of rotatable bonds is 70. The van der Waals surface area contributed by atoms with Crippen LogP contribution in [0, 0.1) is 0 Å². The Labute approximate surface area is 725 Å². The van der Waals surface area contributed by atoms with Crippen molar-refractivity contribution in [3.05, 3.63) is 34.9 Å². The van der Waals surface area contributed by atoms with Crippen LogP contribution in [-0.4, -0.2) is 310 Å². The van der Waals surface area contributed by atoms with Gasteiger partial charge >= 0.3 is 18.1 Å². The molecule has 1 aromatic carbocycles. The summed E-state index contributed by atoms with van der Waals surface area (Å²) in [5.74, 6) is 0.537. The molecule has 6 fully saturated rings. The van der Waals surface area contributed by atoms with Crippen LogP contribution in [0.3, 0.4) is 0 Å². The van der Waals surface area contributed by atoms with Gasteiger partial charge in [0, 0.05) is 172 Å². The van der Waals surface area contributed by atoms with Crippen molar-refractivity contribution in [2.45, 2.75) is 239 Å². The minimum absolute atomic E-state index is 0.00913. The maximum atomic E-state index is 13.6. The highest BCUT2D eigenvalue weighted by atomic mass is 32.2. The normalized spacial score (nSPS) is 20.6. The number of hydrogen-bond donors (Lipinski definition) is 15. The van der Waals surface area contributed by atoms with Crippen molar-refractivity contribution < 1.29 is 100 Å². The molecule has 15 N–H and O–H groups in total. The van der Waals surface area contributed by atoms with Crippen LogP contribution in [-0.2, 0) is 71.4 Å². The Bertz CT molecular complexity index is 3170. The quantitative estimate of drug-likeness (QED) is 0.0253. The van der Waals surface area contributed by atoms with Crippen molar-refractivity contribution in [3.8, 4) is 0 Å². The van der Waals surface area contributed by atoms with Gasteiger partial charge in [-0.3, -0.25) is 43.2 Å². The second-order valence-corrected chi connectivity index (χ2v) is 34.6. The van der Waals surface area contributed by atoms with Crippen molar-refractivity contribution in [3.63, 3.8) is 0 Å². The third-order valence-electron chi connectivity index (χ3n) is 21.3. The Hall–Kier alpha value is -7.05. The zero-order valence-corrected chi connectivity index (χ0v) is 73.6. The molecule has 6 aliphatic rings. The highest BCUT2D eigenvalue weighted by Gasteiger charge is 2.45. The summed E-state index contributed by atoms with van der Waals surface area (Å²) in [6.07, 6.45) is 13.9. The third kappa shape index (κ3) is 41.5. The first-order valence-electron chi connectivity index (χ1n) is 43.8. The van der Waals surface area contributed by atoms with Gasteiger partial charge in [-0.1, -0.05) is 40.0 Å². The Balaban J connectivity index is 0.692. The van der Waals surface area contributed by atoms with Crippen LogP contribution in [0.15, 0.2) is 18.2 Å². The number of urea groups is 3. The van der Waals surface area contributed by atoms with Gasteiger partial charge in [-0.2, -0.15) is 35.3 Å². The van der Waals surface area contributed by atoms with E-state index in [-0.39, 0.29) is 197 Å². The number of unbranched alkanes of at least 4 members (excludes halogenated alkanes) is 3. The summed E-state index contributed by atoms with van der Waals surface area (Å²) < 4.78 is 50.9. The van der Waals surface area contributed by atoms with Gasteiger partial charge in [-0.15, -0.1) is 0 Å². The van der Waals surface area contributed by atoms with Gasteiger partial charge < -0.3 is 122 Å². The molecule has 0 radical (unpaired) electrons. The maximum absolute atomic E-state index is 13.6. The average molecular weight is 1770 g/mol. The van der Waals surface area contributed by atoms with E-state index >= 15 is 0 Å². The molecule has 0 spiro atoms. The van der Waals surface area contributed by atoms with Gasteiger partial charge in [0.2, 0.25) is 35.4 Å². The topological polar surface area (TPSA) is 468 Å². The molecule has 0 saturated carbocycles. The van der Waals surface area contributed by atoms with Gasteiger partial charge in [-0.25, -0.2) is 14.4 Å². The number of carbonyl (C=O) groups is 12. The van der Waals surface area contributed by atoms with E-state index in [0.29, 0.717) is 185 Å². The van der Waals surface area contributed by atoms with Crippen LogP contribution < -0.4 is 79.8 Å². The van der Waals surface area contributed by atoms with E-state index in [1.54, 1.807) is 0 Å². The number of benzene rings is 1. The molecule has 36 nitrogen and oxygen atoms in total. The molecule has 6 aliphatic heterocycles. The van der Waals surface area contributed by atoms with Crippen LogP contribution in [0.4, 0.5) is 14.4 Å². The third-order valence-corrected chi connectivity index (χ3v) is 25.8. The van der Waals surface area contributed by atoms with Crippen molar-refractivity contribution in [1.29, 1.82) is 0 Å². The largest absolute Gasteiger partial charge is 0.379 e. The average Bonchev–Trinajstić information content (AvgIpc) is 1.80. The summed E-state index contributed by atoms with van der Waals surface area (Å²) in [7, 11) is 0. The molecule has 39 heteroatoms. The lowest BCUT2D eigenvalue weighted by atomic mass is 10.0. The maximum Gasteiger partial charge on any atom is 0.315 e. The highest BCUT2D eigenvalue weighted by molar-refractivity contribution is 8.00. The summed E-state index contributed by atoms with van der Waals surface area (Å²) >= 11 is 5.58. The van der Waals surface area contributed by atoms with Gasteiger partial charge in [-0.05, 0) is 108 Å². The number of fused-ring (bicyclic) bond motifs is 3. The van der Waals surface area contributed by atoms with E-state index in [9.17, 15) is 57.5 Å². The molecule has 121 heavy (non-hydrogen) atoms. The highest BCUT2D eigenvalue weighted by Crippen LogP contribution is 2.36. The lowest BCUT2D eigenvalue weighted by molar-refractivity contribution is -0.126. The van der Waals surface area contributed by atoms with Crippen LogP contribution in [0.2, 0.25) is 0 Å². The van der Waals surface area contributed by atoms with Crippen molar-refractivity contribution in [2.24, 2.45) is 0 Å². The van der Waals surface area contributed by atoms with Crippen LogP contribution >= 0.6 is 35.3 Å². The molecular formula is C82H137N15O21S3. The molecule has 684 valence electrons. The van der Waals surface area contributed by atoms with E-state index in [2.05, 4.69) is 79.8 Å². The molecular weight excluding hydrogens is 1630 g/mol. The van der Waals surface area contributed by atoms with E-state index in [1.807, 2.05) is 56.1 Å². The molecule has 6 saturated heterocycles. The Morgan fingerprint density at radius 2 is 0.579 bits per heavy atom. The second-order valence-electron chi connectivity index (χ2n) is 30.8. The molecule has 12 atom stereocenters. The lowest BCUT2D eigenvalue weighted by Crippen LogP contribution is -2.39. The lowest BCUT2D eigenvalue weighted by Gasteiger charge is -2.18. The fraction of sp³-hybridized carbons (Fsp3) is 0.780. The summed E-state index contributed by atoms with van der Waals surface area (Å²) in [4.78, 5) is 152. The monoisotopic (exact) mass is 1760 g/mol. The first-order chi connectivity index (χ1) is 58.9. The first kappa shape index (κ1) is 101. The molecule has 7 rings (SSSR count). The number of amides is 15. The molecule has 0 aromatic heterocycles. The number of ether oxygens (including phenoxy) is 9. The van der Waals surface area contributed by atoms with Crippen LogP contribution in [0.25, 0.3) is 0 Å². The molecule has 0 aliphatic carbocycles. The van der Waals surface area contributed by atoms with Crippen molar-refractivity contribution in [1.82, 2.24) is 79.8 Å². The Morgan fingerprint density at radius 1 is 0.322 bits per heavy atom. The fourth-order valence-electron chi connectivity index (χ4n) is 14.5. The van der Waals surface area contributed by atoms with Crippen molar-refractivity contribution >= 4 is 107 Å². The van der Waals surface area contributed by atoms with Crippen molar-refractivity contribution in [2.75, 3.05) is 169 Å². The van der Waals surface area contributed by atoms with E-state index in [0.717, 1.165) is 75.0 Å². The molecule has 1 aromatic rings. The molecule has 15 amide bonds. The number of nitrogens with one attached hydrogen (secondary N) is 15. The smallest absolute Gasteiger partial charge is 0.315 e. The number of hydrogen-bond acceptors (Lipinski definition) is 24. The van der Waals surface area contributed by atoms with Crippen LogP contribution in [0.5, 0.6) is 0 Å². The van der Waals surface area contributed by atoms with E-state index < -0.39 is 17.7 Å². The summed E-state index contributed by atoms with van der Waals surface area (Å²) in [5, 5.41) is 45.0. The zero-order valence-electron chi connectivity index (χ0n) is 71.1. The summed E-state index contributed by atoms with van der Waals surface area (Å²) in [6.45, 7) is 13.1. The Morgan fingerprint density at radius 3 is 0.860 bits per heavy atom. The zero-order chi connectivity index (χ0) is 86.4. The summed E-state index contributed by atoms with van der Waals surface area (Å²) in [5.41, 5.74) is 0.346. The van der Waals surface area contributed by atoms with Crippen LogP contribution in [0.1, 0.15) is 200 Å². The predicted molar refractivity (Wildman–Crippen MR) is 460 cm³/mol. The first-order valence-corrected chi connectivity index (χ1v) is 47.0. The van der Waals surface area contributed by atoms with Gasteiger partial charge in [0.15, 0.2) is 0 Å². The molecule has 12 unspecified atom stereocenters. The number of carbonyl (C=O) groups excluding carboxylic acids is 12. The summed E-state index contributed by atoms with van der Waals surface area (Å²) in [6, 6.07) is 4.20. The molecule has 0 bridgehead atoms. The van der Waals surface area contributed by atoms with E-state index in [1.165, 1.54) is 18.2 Å². The number of thioether (sulfide) groups is 3. The standard InChI is InChI=1S/C82H137N15O21S3/c1-4-59(89-68(98)21-10-7-18-65-74-62(52-119-65)92-80(107)95-74)49-71(101)83-24-13-29-110-34-39-115-41-36-112-31-15-26-85-77(104)56-46-57(78(105)86-27-16-32-113-37-42-116-40-35-111-30-14-25-84-72(102)50-60(5-2)90-69(99)22-11-8-19-66-75-63(53-120-66)93-81(108)96-75)48-58(47-56)79(106)87-28-17-33-114-38-43-117-44-45-118-55-88-73(103)51-61(6-3)91-70(100)23-12-9-20-67-76-64(54-121-67)94-82(109)97-76/h46-48,59-67,74-76H,4-45,49-55H2,1-3H3,(H,83,101)(H,84,102)(H,85,104)(H,86,105)(H,87,106)(H,88,103)(H,89,98)(H,90,99)(H,91,100)(H2,92,95,107)(H2,93,96,108)(H2,94,97,109). The second kappa shape index (κ2) is 60.5. The van der Waals surface area contributed by atoms with Gasteiger partial charge in [0.05, 0.1) is 116 Å². The van der Waals surface area contributed by atoms with Gasteiger partial charge in [0.1, 0.15) is 6.73 Å². The SMILES string of the molecule is CCC(CC(=O)NCCCOCCOCCOCCCNC(=O)c1cc(C(=O)NCCCOCCOCCOCCCNC(=O)CC(CC)NC(=O)CCCCC2SCC3NC(=O)NC32)cc(C(=O)NCCCOCCOCCOCNC(=O)CC(CC)NC(=O)CCCCC2SCC3NC(=O)NC32)c1)NC(=O)CCCCC1SCC2NC(=O)NC21. The minimum Gasteiger partial charge on any atom is -0.379 e. The minimum atomic E-state index is -0.489. The van der Waals surface area contributed by atoms with Gasteiger partial charge in [0.25, 0.3) is 17.7 Å².